The van der Waals surface area contributed by atoms with Crippen LogP contribution in [0.25, 0.3) is 0 Å². The molecule has 0 saturated carbocycles. The summed E-state index contributed by atoms with van der Waals surface area (Å²) in [6.07, 6.45) is 2.10. The van der Waals surface area contributed by atoms with Crippen molar-refractivity contribution >= 4 is 22.6 Å². The molecule has 0 radical (unpaired) electrons. The number of hydrogen-bond donors (Lipinski definition) is 0. The molecule has 1 aromatic heterocycles. The van der Waals surface area contributed by atoms with E-state index in [-0.39, 0.29) is 17.8 Å². The molecule has 1 aromatic carbocycles. The van der Waals surface area contributed by atoms with Gasteiger partial charge in [-0.05, 0) is 31.0 Å². The summed E-state index contributed by atoms with van der Waals surface area (Å²) in [6, 6.07) is 6.61. The van der Waals surface area contributed by atoms with Gasteiger partial charge in [-0.3, -0.25) is 4.79 Å². The summed E-state index contributed by atoms with van der Waals surface area (Å²) < 4.78 is 17.4. The first-order valence-corrected chi connectivity index (χ1v) is 9.45. The maximum absolute atomic E-state index is 13.0. The van der Waals surface area contributed by atoms with Crippen LogP contribution < -0.4 is 4.90 Å². The number of halogens is 1. The Morgan fingerprint density at radius 3 is 2.76 bits per heavy atom. The van der Waals surface area contributed by atoms with Crippen LogP contribution >= 0.6 is 11.5 Å². The van der Waals surface area contributed by atoms with Crippen molar-refractivity contribution in [3.8, 4) is 0 Å². The average Bonchev–Trinajstić information content (AvgIpc) is 3.05. The van der Waals surface area contributed by atoms with Crippen molar-refractivity contribution in [3.63, 3.8) is 0 Å². The summed E-state index contributed by atoms with van der Waals surface area (Å²) in [5, 5.41) is 0.895. The molecule has 7 heteroatoms. The topological polar surface area (TPSA) is 49.3 Å². The highest BCUT2D eigenvalue weighted by Gasteiger charge is 2.28. The van der Waals surface area contributed by atoms with Crippen LogP contribution in [0.4, 0.5) is 9.52 Å². The summed E-state index contributed by atoms with van der Waals surface area (Å²) >= 11 is 1.39. The fourth-order valence-electron chi connectivity index (χ4n) is 3.09. The largest absolute Gasteiger partial charge is 0.343 e. The molecular weight excluding hydrogens is 339 g/mol. The average molecular weight is 362 g/mol. The van der Waals surface area contributed by atoms with E-state index in [1.165, 1.54) is 23.7 Å². The second-order valence-corrected chi connectivity index (χ2v) is 7.16. The second-order valence-electron chi connectivity index (χ2n) is 6.43. The van der Waals surface area contributed by atoms with Crippen molar-refractivity contribution in [3.05, 3.63) is 41.5 Å². The molecular formula is C18H23FN4OS. The summed E-state index contributed by atoms with van der Waals surface area (Å²) in [6.45, 7) is 6.40. The van der Waals surface area contributed by atoms with E-state index < -0.39 is 0 Å². The van der Waals surface area contributed by atoms with Gasteiger partial charge >= 0.3 is 0 Å². The fraction of sp³-hybridized carbons (Fsp3) is 0.500. The molecule has 134 valence electrons. The van der Waals surface area contributed by atoms with Crippen LogP contribution in [0.1, 0.15) is 38.1 Å². The Kier molecular flexibility index (Phi) is 5.63. The lowest BCUT2D eigenvalue weighted by Gasteiger charge is -2.39. The van der Waals surface area contributed by atoms with Gasteiger partial charge in [-0.25, -0.2) is 9.37 Å². The number of hydrogen-bond acceptors (Lipinski definition) is 5. The number of carbonyl (C=O) groups is 1. The Morgan fingerprint density at radius 2 is 2.08 bits per heavy atom. The first kappa shape index (κ1) is 17.8. The van der Waals surface area contributed by atoms with E-state index in [2.05, 4.69) is 21.2 Å². The third kappa shape index (κ3) is 4.34. The molecule has 1 aliphatic heterocycles. The van der Waals surface area contributed by atoms with Gasteiger partial charge in [0, 0.05) is 50.1 Å². The normalized spacial score (nSPS) is 17.8. The van der Waals surface area contributed by atoms with Crippen LogP contribution in [0, 0.1) is 5.82 Å². The third-order valence-electron chi connectivity index (χ3n) is 4.42. The second kappa shape index (κ2) is 7.91. The minimum atomic E-state index is -0.236. The maximum atomic E-state index is 13.0. The minimum Gasteiger partial charge on any atom is -0.343 e. The predicted octanol–water partition coefficient (Wildman–Crippen LogP) is 3.11. The highest BCUT2D eigenvalue weighted by Crippen LogP contribution is 2.23. The first-order valence-electron chi connectivity index (χ1n) is 8.68. The van der Waals surface area contributed by atoms with Crippen LogP contribution in [0.15, 0.2) is 24.3 Å². The summed E-state index contributed by atoms with van der Waals surface area (Å²) in [4.78, 5) is 20.9. The van der Waals surface area contributed by atoms with E-state index in [4.69, 9.17) is 0 Å². The first-order chi connectivity index (χ1) is 12.1. The number of anilines is 1. The Bertz CT molecular complexity index is 718. The zero-order valence-electron chi connectivity index (χ0n) is 14.6. The highest BCUT2D eigenvalue weighted by atomic mass is 32.1. The molecule has 0 N–H and O–H groups in total. The number of carbonyl (C=O) groups excluding carboxylic acids is 1. The smallest absolute Gasteiger partial charge is 0.222 e. The zero-order chi connectivity index (χ0) is 17.8. The maximum Gasteiger partial charge on any atom is 0.222 e. The molecule has 5 nitrogen and oxygen atoms in total. The molecule has 3 rings (SSSR count). The van der Waals surface area contributed by atoms with E-state index in [0.717, 1.165) is 42.6 Å². The van der Waals surface area contributed by atoms with Crippen LogP contribution in [0.2, 0.25) is 0 Å². The van der Waals surface area contributed by atoms with Gasteiger partial charge in [0.15, 0.2) is 0 Å². The standard InChI is InChI=1S/C18H23FN4OS/c1-3-4-17(24)23-10-9-22(12-13(23)2)18-20-16(21-25-18)11-14-5-7-15(19)8-6-14/h5-8,13H,3-4,9-12H2,1-2H3. The Hall–Kier alpha value is -2.02. The molecule has 1 fully saturated rings. The summed E-state index contributed by atoms with van der Waals surface area (Å²) in [5.74, 6) is 0.757. The molecule has 2 aromatic rings. The van der Waals surface area contributed by atoms with Gasteiger partial charge in [-0.15, -0.1) is 0 Å². The fourth-order valence-corrected chi connectivity index (χ4v) is 3.81. The predicted molar refractivity (Wildman–Crippen MR) is 97.4 cm³/mol. The van der Waals surface area contributed by atoms with Crippen molar-refractivity contribution < 1.29 is 9.18 Å². The molecule has 1 amide bonds. The molecule has 1 unspecified atom stereocenters. The third-order valence-corrected chi connectivity index (χ3v) is 5.23. The van der Waals surface area contributed by atoms with Crippen molar-refractivity contribution in [1.29, 1.82) is 0 Å². The van der Waals surface area contributed by atoms with Crippen LogP contribution in [0.5, 0.6) is 0 Å². The van der Waals surface area contributed by atoms with Gasteiger partial charge in [-0.1, -0.05) is 19.1 Å². The Morgan fingerprint density at radius 1 is 1.32 bits per heavy atom. The van der Waals surface area contributed by atoms with Crippen molar-refractivity contribution in [2.45, 2.75) is 39.2 Å². The van der Waals surface area contributed by atoms with Crippen molar-refractivity contribution in [2.75, 3.05) is 24.5 Å². The van der Waals surface area contributed by atoms with Gasteiger partial charge in [-0.2, -0.15) is 4.37 Å². The zero-order valence-corrected chi connectivity index (χ0v) is 15.4. The van der Waals surface area contributed by atoms with E-state index >= 15 is 0 Å². The highest BCUT2D eigenvalue weighted by molar-refractivity contribution is 7.09. The van der Waals surface area contributed by atoms with Gasteiger partial charge in [0.2, 0.25) is 11.0 Å². The quantitative estimate of drug-likeness (QED) is 0.820. The lowest BCUT2D eigenvalue weighted by molar-refractivity contribution is -0.133. The van der Waals surface area contributed by atoms with E-state index in [0.29, 0.717) is 12.8 Å². The van der Waals surface area contributed by atoms with E-state index in [1.54, 1.807) is 12.1 Å². The van der Waals surface area contributed by atoms with E-state index in [9.17, 15) is 9.18 Å². The lowest BCUT2D eigenvalue weighted by atomic mass is 10.1. The van der Waals surface area contributed by atoms with Crippen LogP contribution in [-0.2, 0) is 11.2 Å². The van der Waals surface area contributed by atoms with Gasteiger partial charge in [0.1, 0.15) is 11.6 Å². The minimum absolute atomic E-state index is 0.178. The molecule has 0 aliphatic carbocycles. The van der Waals surface area contributed by atoms with Crippen LogP contribution in [-0.4, -0.2) is 45.8 Å². The number of amides is 1. The number of benzene rings is 1. The summed E-state index contributed by atoms with van der Waals surface area (Å²) in [7, 11) is 0. The Balaban J connectivity index is 1.61. The molecule has 1 atom stereocenters. The molecule has 0 bridgehead atoms. The number of piperazine rings is 1. The number of rotatable bonds is 5. The number of nitrogens with zero attached hydrogens (tertiary/aromatic N) is 4. The van der Waals surface area contributed by atoms with Crippen molar-refractivity contribution in [1.82, 2.24) is 14.3 Å². The Labute approximate surface area is 151 Å². The van der Waals surface area contributed by atoms with Gasteiger partial charge in [0.05, 0.1) is 0 Å². The molecule has 0 spiro atoms. The monoisotopic (exact) mass is 362 g/mol. The lowest BCUT2D eigenvalue weighted by Crippen LogP contribution is -2.54. The van der Waals surface area contributed by atoms with Crippen molar-refractivity contribution in [2.24, 2.45) is 0 Å². The van der Waals surface area contributed by atoms with Gasteiger partial charge < -0.3 is 9.80 Å². The molecule has 1 aliphatic rings. The van der Waals surface area contributed by atoms with Crippen LogP contribution in [0.3, 0.4) is 0 Å². The molecule has 1 saturated heterocycles. The number of aromatic nitrogens is 2. The molecule has 2 heterocycles. The van der Waals surface area contributed by atoms with E-state index in [1.807, 2.05) is 11.8 Å². The summed E-state index contributed by atoms with van der Waals surface area (Å²) in [5.41, 5.74) is 0.995. The van der Waals surface area contributed by atoms with Gasteiger partial charge in [0.25, 0.3) is 0 Å². The SMILES string of the molecule is CCCC(=O)N1CCN(c2nc(Cc3ccc(F)cc3)ns2)CC1C. The molecule has 25 heavy (non-hydrogen) atoms.